The van der Waals surface area contributed by atoms with Crippen molar-refractivity contribution in [1.29, 1.82) is 5.26 Å². The summed E-state index contributed by atoms with van der Waals surface area (Å²) in [5.74, 6) is 0.829. The molecular formula is C15H17NO3. The van der Waals surface area contributed by atoms with Gasteiger partial charge in [0, 0.05) is 5.56 Å². The molecule has 2 aliphatic heterocycles. The molecule has 1 aromatic rings. The minimum absolute atomic E-state index is 0.294. The quantitative estimate of drug-likeness (QED) is 0.830. The Hall–Kier alpha value is -1.57. The Morgan fingerprint density at radius 1 is 1.21 bits per heavy atom. The molecule has 2 saturated heterocycles. The lowest BCUT2D eigenvalue weighted by Crippen LogP contribution is -2.66. The Kier molecular flexibility index (Phi) is 2.77. The van der Waals surface area contributed by atoms with Gasteiger partial charge in [-0.2, -0.15) is 5.26 Å². The number of nitrogens with zero attached hydrogens (tertiary/aromatic N) is 1. The molecular weight excluding hydrogens is 242 g/mol. The molecule has 1 aromatic carbocycles. The first-order valence-corrected chi connectivity index (χ1v) is 6.39. The maximum atomic E-state index is 9.61. The molecule has 0 spiro atoms. The Bertz CT molecular complexity index is 539. The van der Waals surface area contributed by atoms with E-state index >= 15 is 0 Å². The molecule has 0 saturated carbocycles. The highest BCUT2D eigenvalue weighted by Crippen LogP contribution is 2.53. The number of methoxy groups -OCH3 is 1. The highest BCUT2D eigenvalue weighted by Gasteiger charge is 2.62. The number of hydrogen-bond acceptors (Lipinski definition) is 4. The van der Waals surface area contributed by atoms with Gasteiger partial charge in [0.1, 0.15) is 11.2 Å². The predicted molar refractivity (Wildman–Crippen MR) is 69.1 cm³/mol. The van der Waals surface area contributed by atoms with E-state index in [1.54, 1.807) is 7.11 Å². The molecule has 2 aliphatic rings. The van der Waals surface area contributed by atoms with Crippen molar-refractivity contribution in [3.63, 3.8) is 0 Å². The van der Waals surface area contributed by atoms with Gasteiger partial charge in [-0.05, 0) is 13.0 Å². The van der Waals surface area contributed by atoms with E-state index in [4.69, 9.17) is 14.2 Å². The summed E-state index contributed by atoms with van der Waals surface area (Å²) >= 11 is 0. The van der Waals surface area contributed by atoms with Crippen LogP contribution in [0.15, 0.2) is 18.2 Å². The van der Waals surface area contributed by atoms with E-state index in [-0.39, 0.29) is 5.41 Å². The van der Waals surface area contributed by atoms with Crippen LogP contribution >= 0.6 is 0 Å². The van der Waals surface area contributed by atoms with E-state index in [1.807, 2.05) is 19.1 Å². The number of rotatable bonds is 3. The zero-order valence-electron chi connectivity index (χ0n) is 11.2. The number of aryl methyl sites for hydroxylation is 1. The molecule has 0 atom stereocenters. The third kappa shape index (κ3) is 1.52. The summed E-state index contributed by atoms with van der Waals surface area (Å²) in [6.45, 7) is 4.12. The molecule has 2 fully saturated rings. The van der Waals surface area contributed by atoms with Crippen molar-refractivity contribution < 1.29 is 14.2 Å². The van der Waals surface area contributed by atoms with Gasteiger partial charge in [-0.3, -0.25) is 0 Å². The van der Waals surface area contributed by atoms with Crippen molar-refractivity contribution in [3.05, 3.63) is 29.3 Å². The van der Waals surface area contributed by atoms with Crippen molar-refractivity contribution >= 4 is 0 Å². The van der Waals surface area contributed by atoms with Crippen LogP contribution < -0.4 is 4.74 Å². The number of ether oxygens (including phenoxy) is 3. The first kappa shape index (κ1) is 12.5. The third-order valence-electron chi connectivity index (χ3n) is 4.39. The minimum atomic E-state index is -0.480. The first-order chi connectivity index (χ1) is 9.17. The maximum absolute atomic E-state index is 9.61. The molecule has 100 valence electrons. The van der Waals surface area contributed by atoms with Crippen molar-refractivity contribution in [1.82, 2.24) is 0 Å². The third-order valence-corrected chi connectivity index (χ3v) is 4.39. The number of nitriles is 1. The Morgan fingerprint density at radius 2 is 1.89 bits per heavy atom. The van der Waals surface area contributed by atoms with Gasteiger partial charge in [0.05, 0.1) is 45.0 Å². The molecule has 3 rings (SSSR count). The zero-order valence-corrected chi connectivity index (χ0v) is 11.2. The number of hydrogen-bond donors (Lipinski definition) is 0. The molecule has 2 heterocycles. The molecule has 0 amide bonds. The van der Waals surface area contributed by atoms with Crippen LogP contribution in [0.4, 0.5) is 0 Å². The first-order valence-electron chi connectivity index (χ1n) is 6.39. The SMILES string of the molecule is COc1ccc(C)cc1C1(C2(C#N)COC2)COC1. The molecule has 0 N–H and O–H groups in total. The van der Waals surface area contributed by atoms with Crippen LogP contribution in [0.25, 0.3) is 0 Å². The molecule has 0 bridgehead atoms. The molecule has 4 nitrogen and oxygen atoms in total. The van der Waals surface area contributed by atoms with Crippen molar-refractivity contribution in [2.45, 2.75) is 12.3 Å². The van der Waals surface area contributed by atoms with Crippen LogP contribution in [0.1, 0.15) is 11.1 Å². The largest absolute Gasteiger partial charge is 0.496 e. The van der Waals surface area contributed by atoms with Crippen LogP contribution in [0.2, 0.25) is 0 Å². The van der Waals surface area contributed by atoms with E-state index in [1.165, 1.54) is 0 Å². The fourth-order valence-corrected chi connectivity index (χ4v) is 2.95. The van der Waals surface area contributed by atoms with Gasteiger partial charge in [0.15, 0.2) is 0 Å². The summed E-state index contributed by atoms with van der Waals surface area (Å²) < 4.78 is 16.3. The van der Waals surface area contributed by atoms with E-state index < -0.39 is 5.41 Å². The maximum Gasteiger partial charge on any atom is 0.122 e. The van der Waals surface area contributed by atoms with Crippen LogP contribution in [0, 0.1) is 23.7 Å². The molecule has 0 unspecified atom stereocenters. The Labute approximate surface area is 112 Å². The van der Waals surface area contributed by atoms with E-state index in [0.717, 1.165) is 16.9 Å². The van der Waals surface area contributed by atoms with Gasteiger partial charge < -0.3 is 14.2 Å². The van der Waals surface area contributed by atoms with E-state index in [0.29, 0.717) is 26.4 Å². The number of benzene rings is 1. The summed E-state index contributed by atoms with van der Waals surface area (Å²) in [5, 5.41) is 9.61. The molecule has 19 heavy (non-hydrogen) atoms. The lowest BCUT2D eigenvalue weighted by molar-refractivity contribution is -0.201. The second-order valence-corrected chi connectivity index (χ2v) is 5.47. The highest BCUT2D eigenvalue weighted by atomic mass is 16.5. The Morgan fingerprint density at radius 3 is 2.32 bits per heavy atom. The van der Waals surface area contributed by atoms with E-state index in [9.17, 15) is 5.26 Å². The molecule has 4 heteroatoms. The summed E-state index contributed by atoms with van der Waals surface area (Å²) in [6, 6.07) is 8.56. The lowest BCUT2D eigenvalue weighted by atomic mass is 9.57. The normalized spacial score (nSPS) is 22.8. The van der Waals surface area contributed by atoms with Gasteiger partial charge in [-0.25, -0.2) is 0 Å². The second-order valence-electron chi connectivity index (χ2n) is 5.47. The van der Waals surface area contributed by atoms with Gasteiger partial charge in [0.2, 0.25) is 0 Å². The summed E-state index contributed by atoms with van der Waals surface area (Å²) in [4.78, 5) is 0. The van der Waals surface area contributed by atoms with Gasteiger partial charge in [-0.1, -0.05) is 17.7 Å². The summed E-state index contributed by atoms with van der Waals surface area (Å²) in [5.41, 5.74) is 1.46. The van der Waals surface area contributed by atoms with Crippen molar-refractivity contribution in [3.8, 4) is 11.8 Å². The van der Waals surface area contributed by atoms with Crippen molar-refractivity contribution in [2.75, 3.05) is 33.5 Å². The van der Waals surface area contributed by atoms with Crippen LogP contribution in [0.3, 0.4) is 0 Å². The second kappa shape index (κ2) is 4.22. The van der Waals surface area contributed by atoms with Crippen molar-refractivity contribution in [2.24, 2.45) is 5.41 Å². The van der Waals surface area contributed by atoms with Crippen LogP contribution in [0.5, 0.6) is 5.75 Å². The monoisotopic (exact) mass is 259 g/mol. The standard InChI is InChI=1S/C15H17NO3/c1-11-3-4-13(17-2)12(5-11)15(9-19-10-15)14(6-16)7-18-8-14/h3-5H,7-10H2,1-2H3. The molecule has 0 radical (unpaired) electrons. The van der Waals surface area contributed by atoms with Gasteiger partial charge in [0.25, 0.3) is 0 Å². The highest BCUT2D eigenvalue weighted by molar-refractivity contribution is 5.47. The molecule has 0 aliphatic carbocycles. The predicted octanol–water partition coefficient (Wildman–Crippen LogP) is 1.81. The van der Waals surface area contributed by atoms with E-state index in [2.05, 4.69) is 12.1 Å². The zero-order chi connectivity index (χ0) is 13.5. The summed E-state index contributed by atoms with van der Waals surface area (Å²) in [6.07, 6.45) is 0. The average Bonchev–Trinajstić information content (AvgIpc) is 2.31. The lowest BCUT2D eigenvalue weighted by Gasteiger charge is -2.55. The Balaban J connectivity index is 2.13. The summed E-state index contributed by atoms with van der Waals surface area (Å²) in [7, 11) is 1.66. The van der Waals surface area contributed by atoms with Crippen LogP contribution in [-0.2, 0) is 14.9 Å². The van der Waals surface area contributed by atoms with Crippen LogP contribution in [-0.4, -0.2) is 33.5 Å². The molecule has 0 aromatic heterocycles. The smallest absolute Gasteiger partial charge is 0.122 e. The van der Waals surface area contributed by atoms with Gasteiger partial charge in [-0.15, -0.1) is 0 Å². The fraction of sp³-hybridized carbons (Fsp3) is 0.533. The van der Waals surface area contributed by atoms with Gasteiger partial charge >= 0.3 is 0 Å². The minimum Gasteiger partial charge on any atom is -0.496 e. The average molecular weight is 259 g/mol. The topological polar surface area (TPSA) is 51.5 Å². The fourth-order valence-electron chi connectivity index (χ4n) is 2.95.